The van der Waals surface area contributed by atoms with Crippen LogP contribution in [0, 0.1) is 0 Å². The number of esters is 2. The maximum Gasteiger partial charge on any atom is 0.331 e. The summed E-state index contributed by atoms with van der Waals surface area (Å²) in [5.74, 6) is -0.998. The second-order valence-corrected chi connectivity index (χ2v) is 5.43. The highest BCUT2D eigenvalue weighted by Gasteiger charge is 2.00. The summed E-state index contributed by atoms with van der Waals surface area (Å²) in [5.41, 5.74) is 0. The molecule has 128 valence electrons. The van der Waals surface area contributed by atoms with E-state index in [0.29, 0.717) is 13.2 Å². The first-order chi connectivity index (χ1) is 10.7. The van der Waals surface area contributed by atoms with Crippen LogP contribution in [0.15, 0.2) is 12.2 Å². The lowest BCUT2D eigenvalue weighted by atomic mass is 10.1. The average molecular weight is 312 g/mol. The molecule has 0 atom stereocenters. The van der Waals surface area contributed by atoms with E-state index in [9.17, 15) is 9.59 Å². The Morgan fingerprint density at radius 3 is 1.64 bits per heavy atom. The normalized spacial score (nSPS) is 10.8. The molecule has 0 heterocycles. The third-order valence-corrected chi connectivity index (χ3v) is 3.38. The highest BCUT2D eigenvalue weighted by atomic mass is 16.5. The van der Waals surface area contributed by atoms with Crippen LogP contribution in [0.1, 0.15) is 78.1 Å². The molecular weight excluding hydrogens is 280 g/mol. The summed E-state index contributed by atoms with van der Waals surface area (Å²) in [4.78, 5) is 22.3. The van der Waals surface area contributed by atoms with Crippen LogP contribution in [-0.2, 0) is 19.1 Å². The largest absolute Gasteiger partial charge is 0.463 e. The van der Waals surface area contributed by atoms with E-state index in [4.69, 9.17) is 4.74 Å². The van der Waals surface area contributed by atoms with Gasteiger partial charge in [-0.15, -0.1) is 0 Å². The van der Waals surface area contributed by atoms with Crippen LogP contribution >= 0.6 is 0 Å². The van der Waals surface area contributed by atoms with Crippen LogP contribution in [0.5, 0.6) is 0 Å². The Morgan fingerprint density at radius 2 is 1.14 bits per heavy atom. The van der Waals surface area contributed by atoms with Gasteiger partial charge in [-0.05, 0) is 13.3 Å². The number of carbonyl (C=O) groups is 2. The van der Waals surface area contributed by atoms with Gasteiger partial charge in [-0.2, -0.15) is 0 Å². The van der Waals surface area contributed by atoms with Crippen molar-refractivity contribution in [2.24, 2.45) is 0 Å². The molecule has 0 aliphatic rings. The van der Waals surface area contributed by atoms with E-state index in [0.717, 1.165) is 25.0 Å². The van der Waals surface area contributed by atoms with Crippen molar-refractivity contribution in [3.05, 3.63) is 12.2 Å². The lowest BCUT2D eigenvalue weighted by Crippen LogP contribution is -2.05. The van der Waals surface area contributed by atoms with Crippen molar-refractivity contribution >= 4 is 11.9 Å². The predicted molar refractivity (Wildman–Crippen MR) is 88.6 cm³/mol. The van der Waals surface area contributed by atoms with Crippen molar-refractivity contribution in [2.75, 3.05) is 13.2 Å². The van der Waals surface area contributed by atoms with Gasteiger partial charge >= 0.3 is 11.9 Å². The molecule has 0 aromatic carbocycles. The molecule has 0 spiro atoms. The van der Waals surface area contributed by atoms with Crippen LogP contribution in [0.4, 0.5) is 0 Å². The van der Waals surface area contributed by atoms with Crippen molar-refractivity contribution < 1.29 is 19.1 Å². The summed E-state index contributed by atoms with van der Waals surface area (Å²) in [7, 11) is 0. The van der Waals surface area contributed by atoms with E-state index in [1.807, 2.05) is 0 Å². The first-order valence-electron chi connectivity index (χ1n) is 8.72. The Morgan fingerprint density at radius 1 is 0.682 bits per heavy atom. The molecule has 0 aliphatic heterocycles. The van der Waals surface area contributed by atoms with Crippen LogP contribution in [0.2, 0.25) is 0 Å². The predicted octanol–water partition coefficient (Wildman–Crippen LogP) is 4.57. The van der Waals surface area contributed by atoms with E-state index in [1.165, 1.54) is 51.4 Å². The van der Waals surface area contributed by atoms with Crippen molar-refractivity contribution in [1.29, 1.82) is 0 Å². The molecule has 0 saturated heterocycles. The fourth-order valence-corrected chi connectivity index (χ4v) is 2.14. The summed E-state index contributed by atoms with van der Waals surface area (Å²) in [6.07, 6.45) is 14.7. The number of hydrogen-bond donors (Lipinski definition) is 0. The summed E-state index contributed by atoms with van der Waals surface area (Å²) >= 11 is 0. The van der Waals surface area contributed by atoms with Gasteiger partial charge < -0.3 is 9.47 Å². The van der Waals surface area contributed by atoms with Gasteiger partial charge in [-0.1, -0.05) is 64.7 Å². The molecule has 4 heteroatoms. The fourth-order valence-electron chi connectivity index (χ4n) is 2.14. The summed E-state index contributed by atoms with van der Waals surface area (Å²) in [5, 5.41) is 0. The highest BCUT2D eigenvalue weighted by Crippen LogP contribution is 2.10. The number of rotatable bonds is 14. The molecule has 0 aromatic heterocycles. The number of hydrogen-bond acceptors (Lipinski definition) is 4. The Labute approximate surface area is 135 Å². The SMILES string of the molecule is CCCCCCCCCCCCOC(=O)/C=C\C(=O)OCC. The maximum atomic E-state index is 11.3. The smallest absolute Gasteiger partial charge is 0.331 e. The van der Waals surface area contributed by atoms with Gasteiger partial charge in [-0.25, -0.2) is 9.59 Å². The topological polar surface area (TPSA) is 52.6 Å². The van der Waals surface area contributed by atoms with Gasteiger partial charge in [-0.3, -0.25) is 0 Å². The molecule has 0 aliphatic carbocycles. The Bertz CT molecular complexity index is 310. The minimum absolute atomic E-state index is 0.302. The molecule has 0 fully saturated rings. The van der Waals surface area contributed by atoms with E-state index < -0.39 is 11.9 Å². The zero-order chi connectivity index (χ0) is 16.5. The lowest BCUT2D eigenvalue weighted by molar-refractivity contribution is -0.140. The molecule has 0 amide bonds. The minimum atomic E-state index is -0.515. The first kappa shape index (κ1) is 20.7. The third kappa shape index (κ3) is 15.1. The van der Waals surface area contributed by atoms with E-state index >= 15 is 0 Å². The van der Waals surface area contributed by atoms with E-state index in [-0.39, 0.29) is 0 Å². The van der Waals surface area contributed by atoms with Crippen molar-refractivity contribution in [3.63, 3.8) is 0 Å². The molecule has 22 heavy (non-hydrogen) atoms. The van der Waals surface area contributed by atoms with Crippen LogP contribution in [-0.4, -0.2) is 25.2 Å². The van der Waals surface area contributed by atoms with Gasteiger partial charge in [0.2, 0.25) is 0 Å². The molecule has 0 bridgehead atoms. The summed E-state index contributed by atoms with van der Waals surface area (Å²) in [6.45, 7) is 4.67. The minimum Gasteiger partial charge on any atom is -0.463 e. The maximum absolute atomic E-state index is 11.3. The van der Waals surface area contributed by atoms with Gasteiger partial charge in [0.25, 0.3) is 0 Å². The summed E-state index contributed by atoms with van der Waals surface area (Å²) < 4.78 is 9.68. The van der Waals surface area contributed by atoms with Gasteiger partial charge in [0.05, 0.1) is 13.2 Å². The molecule has 0 unspecified atom stereocenters. The standard InChI is InChI=1S/C18H32O4/c1-3-5-6-7-8-9-10-11-12-13-16-22-18(20)15-14-17(19)21-4-2/h14-15H,3-13,16H2,1-2H3/b15-14-. The molecule has 4 nitrogen and oxygen atoms in total. The van der Waals surface area contributed by atoms with E-state index in [2.05, 4.69) is 11.7 Å². The van der Waals surface area contributed by atoms with Gasteiger partial charge in [0.1, 0.15) is 0 Å². The van der Waals surface area contributed by atoms with Crippen LogP contribution in [0.3, 0.4) is 0 Å². The lowest BCUT2D eigenvalue weighted by Gasteiger charge is -2.03. The third-order valence-electron chi connectivity index (χ3n) is 3.38. The van der Waals surface area contributed by atoms with Crippen LogP contribution in [0.25, 0.3) is 0 Å². The van der Waals surface area contributed by atoms with Crippen molar-refractivity contribution in [3.8, 4) is 0 Å². The molecular formula is C18H32O4. The molecule has 0 radical (unpaired) electrons. The molecule has 0 N–H and O–H groups in total. The second-order valence-electron chi connectivity index (χ2n) is 5.43. The molecule has 0 saturated carbocycles. The average Bonchev–Trinajstić information content (AvgIpc) is 2.51. The van der Waals surface area contributed by atoms with Crippen molar-refractivity contribution in [2.45, 2.75) is 78.1 Å². The second kappa shape index (κ2) is 16.1. The first-order valence-corrected chi connectivity index (χ1v) is 8.72. The zero-order valence-electron chi connectivity index (χ0n) is 14.3. The van der Waals surface area contributed by atoms with Crippen molar-refractivity contribution in [1.82, 2.24) is 0 Å². The summed E-state index contributed by atoms with van der Waals surface area (Å²) in [6, 6.07) is 0. The van der Waals surface area contributed by atoms with Crippen LogP contribution < -0.4 is 0 Å². The Kier molecular flexibility index (Phi) is 15.1. The van der Waals surface area contributed by atoms with Gasteiger partial charge in [0, 0.05) is 12.2 Å². The Balaban J connectivity index is 3.32. The van der Waals surface area contributed by atoms with E-state index in [1.54, 1.807) is 6.92 Å². The quantitative estimate of drug-likeness (QED) is 0.268. The molecule has 0 aromatic rings. The Hall–Kier alpha value is -1.32. The molecule has 0 rings (SSSR count). The highest BCUT2D eigenvalue weighted by molar-refractivity contribution is 5.91. The zero-order valence-corrected chi connectivity index (χ0v) is 14.3. The number of carbonyl (C=O) groups excluding carboxylic acids is 2. The number of ether oxygens (including phenoxy) is 2. The monoisotopic (exact) mass is 312 g/mol. The fraction of sp³-hybridized carbons (Fsp3) is 0.778. The van der Waals surface area contributed by atoms with Gasteiger partial charge in [0.15, 0.2) is 0 Å². The number of unbranched alkanes of at least 4 members (excludes halogenated alkanes) is 9.